The van der Waals surface area contributed by atoms with Crippen LogP contribution in [0.5, 0.6) is 0 Å². The summed E-state index contributed by atoms with van der Waals surface area (Å²) >= 11 is 0. The van der Waals surface area contributed by atoms with Crippen molar-refractivity contribution in [2.75, 3.05) is 18.0 Å². The third kappa shape index (κ3) is 2.36. The van der Waals surface area contributed by atoms with Crippen LogP contribution in [0.15, 0.2) is 16.9 Å². The number of rotatable bonds is 2. The lowest BCUT2D eigenvalue weighted by Crippen LogP contribution is -2.49. The van der Waals surface area contributed by atoms with Gasteiger partial charge in [-0.2, -0.15) is 0 Å². The van der Waals surface area contributed by atoms with Gasteiger partial charge >= 0.3 is 6.09 Å². The normalized spacial score (nSPS) is 23.1. The fourth-order valence-corrected chi connectivity index (χ4v) is 4.26. The van der Waals surface area contributed by atoms with Crippen molar-refractivity contribution >= 4 is 22.9 Å². The van der Waals surface area contributed by atoms with Gasteiger partial charge in [-0.3, -0.25) is 9.36 Å². The van der Waals surface area contributed by atoms with E-state index in [0.717, 1.165) is 12.0 Å². The Morgan fingerprint density at radius 3 is 2.62 bits per heavy atom. The molecule has 0 spiro atoms. The summed E-state index contributed by atoms with van der Waals surface area (Å²) in [4.78, 5) is 32.4. The Kier molecular flexibility index (Phi) is 3.69. The van der Waals surface area contributed by atoms with E-state index in [2.05, 4.69) is 0 Å². The molecule has 3 heterocycles. The fourth-order valence-electron chi connectivity index (χ4n) is 4.26. The minimum Gasteiger partial charge on any atom is -0.465 e. The number of aliphatic hydroxyl groups excluding tert-OH is 1. The van der Waals surface area contributed by atoms with Crippen LogP contribution in [-0.4, -0.2) is 55.9 Å². The molecule has 1 aromatic carbocycles. The van der Waals surface area contributed by atoms with Gasteiger partial charge in [0.15, 0.2) is 0 Å². The molecule has 8 heteroatoms. The summed E-state index contributed by atoms with van der Waals surface area (Å²) in [6.07, 6.45) is -0.885. The Morgan fingerprint density at radius 1 is 1.31 bits per heavy atom. The average Bonchev–Trinajstić information content (AvgIpc) is 3.18. The smallest absolute Gasteiger partial charge is 0.407 e. The first-order chi connectivity index (χ1) is 12.3. The average molecular weight is 358 g/mol. The molecule has 4 rings (SSSR count). The fraction of sp³-hybridized carbons (Fsp3) is 0.500. The molecule has 2 aliphatic rings. The molecule has 0 radical (unpaired) electrons. The van der Waals surface area contributed by atoms with Crippen LogP contribution in [0.25, 0.3) is 10.9 Å². The van der Waals surface area contributed by atoms with E-state index in [4.69, 9.17) is 4.98 Å². The first-order valence-electron chi connectivity index (χ1n) is 8.73. The molecule has 2 aliphatic heterocycles. The zero-order valence-corrected chi connectivity index (χ0v) is 15.0. The number of amides is 1. The summed E-state index contributed by atoms with van der Waals surface area (Å²) in [7, 11) is 1.69. The number of piperazine rings is 1. The Labute approximate surface area is 150 Å². The minimum atomic E-state index is -0.899. The second-order valence-corrected chi connectivity index (χ2v) is 7.33. The Balaban J connectivity index is 1.84. The van der Waals surface area contributed by atoms with Crippen LogP contribution in [-0.2, 0) is 7.05 Å². The number of aryl methyl sites for hydroxylation is 1. The first-order valence-corrected chi connectivity index (χ1v) is 8.73. The summed E-state index contributed by atoms with van der Waals surface area (Å²) in [5.74, 6) is 0.533. The molecule has 0 aliphatic carbocycles. The van der Waals surface area contributed by atoms with Gasteiger partial charge in [0.05, 0.1) is 29.1 Å². The standard InChI is InChI=1S/C18H22N4O4/c1-9-4-13(10(2)23)15-14(5-9)16(24)20(3)17(19-15)21-7-12-6-11(21)8-22(12)18(25)26/h4-5,10-12,23H,6-8H2,1-3H3,(H,25,26). The molecule has 2 N–H and O–H groups in total. The van der Waals surface area contributed by atoms with Gasteiger partial charge in [-0.05, 0) is 31.9 Å². The maximum absolute atomic E-state index is 12.9. The lowest BCUT2D eigenvalue weighted by atomic mass is 10.0. The van der Waals surface area contributed by atoms with E-state index in [1.54, 1.807) is 20.0 Å². The summed E-state index contributed by atoms with van der Waals surface area (Å²) in [5.41, 5.74) is 1.89. The number of benzene rings is 1. The monoisotopic (exact) mass is 358 g/mol. The highest BCUT2D eigenvalue weighted by Gasteiger charge is 2.46. The number of anilines is 1. The second-order valence-electron chi connectivity index (χ2n) is 7.33. The molecule has 2 bridgehead atoms. The largest absolute Gasteiger partial charge is 0.465 e. The molecular formula is C18H22N4O4. The van der Waals surface area contributed by atoms with E-state index in [0.29, 0.717) is 35.5 Å². The van der Waals surface area contributed by atoms with Crippen LogP contribution in [0.4, 0.5) is 10.7 Å². The SMILES string of the molecule is Cc1cc(C(C)O)c2nc(N3CC4CC3CN4C(=O)O)n(C)c(=O)c2c1. The van der Waals surface area contributed by atoms with Crippen molar-refractivity contribution < 1.29 is 15.0 Å². The Bertz CT molecular complexity index is 968. The molecule has 2 fully saturated rings. The maximum atomic E-state index is 12.9. The van der Waals surface area contributed by atoms with E-state index in [-0.39, 0.29) is 17.6 Å². The number of likely N-dealkylation sites (tertiary alicyclic amines) is 1. The number of carboxylic acid groups (broad SMARTS) is 1. The van der Waals surface area contributed by atoms with E-state index in [1.807, 2.05) is 17.9 Å². The third-order valence-corrected chi connectivity index (χ3v) is 5.52. The molecule has 1 aromatic heterocycles. The highest BCUT2D eigenvalue weighted by atomic mass is 16.4. The molecular weight excluding hydrogens is 336 g/mol. The molecule has 2 aromatic rings. The zero-order chi connectivity index (χ0) is 18.7. The van der Waals surface area contributed by atoms with Gasteiger partial charge < -0.3 is 20.0 Å². The van der Waals surface area contributed by atoms with Crippen LogP contribution in [0.1, 0.15) is 30.6 Å². The molecule has 138 valence electrons. The number of fused-ring (bicyclic) bond motifs is 3. The van der Waals surface area contributed by atoms with Crippen LogP contribution >= 0.6 is 0 Å². The number of hydrogen-bond donors (Lipinski definition) is 2. The topological polar surface area (TPSA) is 98.9 Å². The van der Waals surface area contributed by atoms with E-state index in [1.165, 1.54) is 9.47 Å². The predicted octanol–water partition coefficient (Wildman–Crippen LogP) is 1.24. The Hall–Kier alpha value is -2.61. The minimum absolute atomic E-state index is 0.0205. The van der Waals surface area contributed by atoms with Crippen molar-refractivity contribution in [2.45, 2.75) is 38.5 Å². The van der Waals surface area contributed by atoms with E-state index in [9.17, 15) is 19.8 Å². The van der Waals surface area contributed by atoms with Crippen LogP contribution < -0.4 is 10.5 Å². The van der Waals surface area contributed by atoms with E-state index >= 15 is 0 Å². The molecule has 2 saturated heterocycles. The van der Waals surface area contributed by atoms with Gasteiger partial charge in [0.25, 0.3) is 5.56 Å². The van der Waals surface area contributed by atoms with Gasteiger partial charge in [0.1, 0.15) is 0 Å². The van der Waals surface area contributed by atoms with Crippen molar-refractivity contribution in [3.8, 4) is 0 Å². The molecule has 0 saturated carbocycles. The quantitative estimate of drug-likeness (QED) is 0.838. The van der Waals surface area contributed by atoms with Crippen molar-refractivity contribution in [3.63, 3.8) is 0 Å². The number of carbonyl (C=O) groups is 1. The van der Waals surface area contributed by atoms with Gasteiger partial charge in [0, 0.05) is 25.7 Å². The summed E-state index contributed by atoms with van der Waals surface area (Å²) in [6.45, 7) is 4.50. The number of nitrogens with zero attached hydrogens (tertiary/aromatic N) is 4. The van der Waals surface area contributed by atoms with Crippen LogP contribution in [0.3, 0.4) is 0 Å². The lowest BCUT2D eigenvalue weighted by molar-refractivity contribution is 0.137. The maximum Gasteiger partial charge on any atom is 0.407 e. The zero-order valence-electron chi connectivity index (χ0n) is 15.0. The highest BCUT2D eigenvalue weighted by Crippen LogP contribution is 2.34. The van der Waals surface area contributed by atoms with Crippen LogP contribution in [0.2, 0.25) is 0 Å². The lowest BCUT2D eigenvalue weighted by Gasteiger charge is -2.34. The van der Waals surface area contributed by atoms with Crippen LogP contribution in [0, 0.1) is 6.92 Å². The van der Waals surface area contributed by atoms with Crippen molar-refractivity contribution in [2.24, 2.45) is 7.05 Å². The summed E-state index contributed by atoms with van der Waals surface area (Å²) < 4.78 is 1.53. The summed E-state index contributed by atoms with van der Waals surface area (Å²) in [5, 5.41) is 19.9. The van der Waals surface area contributed by atoms with Crippen molar-refractivity contribution in [3.05, 3.63) is 33.6 Å². The van der Waals surface area contributed by atoms with Gasteiger partial charge in [-0.1, -0.05) is 6.07 Å². The highest BCUT2D eigenvalue weighted by molar-refractivity contribution is 5.83. The predicted molar refractivity (Wildman–Crippen MR) is 96.6 cm³/mol. The van der Waals surface area contributed by atoms with Gasteiger partial charge in [0.2, 0.25) is 5.95 Å². The van der Waals surface area contributed by atoms with E-state index < -0.39 is 12.2 Å². The molecule has 8 nitrogen and oxygen atoms in total. The Morgan fingerprint density at radius 2 is 2.04 bits per heavy atom. The number of aliphatic hydroxyl groups is 1. The number of aromatic nitrogens is 2. The van der Waals surface area contributed by atoms with Gasteiger partial charge in [-0.15, -0.1) is 0 Å². The molecule has 3 atom stereocenters. The van der Waals surface area contributed by atoms with Gasteiger partial charge in [-0.25, -0.2) is 9.78 Å². The number of hydrogen-bond acceptors (Lipinski definition) is 5. The first kappa shape index (κ1) is 16.8. The van der Waals surface area contributed by atoms with Crippen molar-refractivity contribution in [1.82, 2.24) is 14.5 Å². The molecule has 1 amide bonds. The third-order valence-electron chi connectivity index (χ3n) is 5.52. The summed E-state index contributed by atoms with van der Waals surface area (Å²) in [6, 6.07) is 3.60. The molecule has 3 unspecified atom stereocenters. The second kappa shape index (κ2) is 5.70. The molecule has 26 heavy (non-hydrogen) atoms. The van der Waals surface area contributed by atoms with Crippen molar-refractivity contribution in [1.29, 1.82) is 0 Å².